The summed E-state index contributed by atoms with van der Waals surface area (Å²) in [5, 5.41) is 8.97. The standard InChI is InChI=1S/C18H20N2O4/c1-3-8-20(12-17(21)22)18(23)15-9-14(10-19-11-15)13-4-6-16(24-2)7-5-13/h4-7,9-11H,3,8,12H2,1-2H3,(H,21,22). The van der Waals surface area contributed by atoms with Gasteiger partial charge in [0.1, 0.15) is 12.3 Å². The lowest BCUT2D eigenvalue weighted by Crippen LogP contribution is -2.36. The largest absolute Gasteiger partial charge is 0.497 e. The summed E-state index contributed by atoms with van der Waals surface area (Å²) in [6, 6.07) is 9.15. The van der Waals surface area contributed by atoms with Gasteiger partial charge in [0.15, 0.2) is 0 Å². The van der Waals surface area contributed by atoms with Gasteiger partial charge in [0.2, 0.25) is 0 Å². The number of hydrogen-bond acceptors (Lipinski definition) is 4. The number of carboxylic acid groups (broad SMARTS) is 1. The normalized spacial score (nSPS) is 10.2. The molecule has 0 saturated heterocycles. The smallest absolute Gasteiger partial charge is 0.323 e. The van der Waals surface area contributed by atoms with Gasteiger partial charge in [-0.3, -0.25) is 14.6 Å². The van der Waals surface area contributed by atoms with Gasteiger partial charge in [0.25, 0.3) is 5.91 Å². The first-order valence-electron chi connectivity index (χ1n) is 7.65. The van der Waals surface area contributed by atoms with Crippen molar-refractivity contribution in [3.05, 3.63) is 48.3 Å². The molecular weight excluding hydrogens is 308 g/mol. The lowest BCUT2D eigenvalue weighted by molar-refractivity contribution is -0.137. The lowest BCUT2D eigenvalue weighted by atomic mass is 10.1. The number of methoxy groups -OCH3 is 1. The van der Waals surface area contributed by atoms with E-state index in [1.165, 1.54) is 11.1 Å². The second-order valence-electron chi connectivity index (χ2n) is 5.31. The van der Waals surface area contributed by atoms with E-state index >= 15 is 0 Å². The molecule has 6 heteroatoms. The Kier molecular flexibility index (Phi) is 5.89. The van der Waals surface area contributed by atoms with Crippen molar-refractivity contribution < 1.29 is 19.4 Å². The molecule has 0 radical (unpaired) electrons. The number of aromatic nitrogens is 1. The number of carbonyl (C=O) groups excluding carboxylic acids is 1. The zero-order valence-electron chi connectivity index (χ0n) is 13.7. The third-order valence-electron chi connectivity index (χ3n) is 3.52. The summed E-state index contributed by atoms with van der Waals surface area (Å²) in [4.78, 5) is 28.9. The summed E-state index contributed by atoms with van der Waals surface area (Å²) in [6.07, 6.45) is 3.81. The van der Waals surface area contributed by atoms with Crippen LogP contribution in [-0.4, -0.2) is 47.1 Å². The number of ether oxygens (including phenoxy) is 1. The average Bonchev–Trinajstić information content (AvgIpc) is 2.60. The van der Waals surface area contributed by atoms with Gasteiger partial charge in [0.05, 0.1) is 12.7 Å². The van der Waals surface area contributed by atoms with Crippen LogP contribution in [0.5, 0.6) is 5.75 Å². The van der Waals surface area contributed by atoms with Gasteiger partial charge in [-0.1, -0.05) is 19.1 Å². The van der Waals surface area contributed by atoms with E-state index in [1.807, 2.05) is 31.2 Å². The molecule has 0 spiro atoms. The van der Waals surface area contributed by atoms with Crippen molar-refractivity contribution >= 4 is 11.9 Å². The Balaban J connectivity index is 2.27. The monoisotopic (exact) mass is 328 g/mol. The minimum atomic E-state index is -1.03. The molecule has 1 heterocycles. The molecule has 0 saturated carbocycles. The number of rotatable bonds is 7. The Bertz CT molecular complexity index is 713. The van der Waals surface area contributed by atoms with Crippen LogP contribution in [0.2, 0.25) is 0 Å². The van der Waals surface area contributed by atoms with Crippen LogP contribution in [0, 0.1) is 0 Å². The molecule has 0 bridgehead atoms. The Morgan fingerprint density at radius 2 is 1.88 bits per heavy atom. The maximum absolute atomic E-state index is 12.6. The van der Waals surface area contributed by atoms with E-state index in [2.05, 4.69) is 4.98 Å². The van der Waals surface area contributed by atoms with Crippen molar-refractivity contribution in [2.45, 2.75) is 13.3 Å². The number of benzene rings is 1. The second-order valence-corrected chi connectivity index (χ2v) is 5.31. The minimum Gasteiger partial charge on any atom is -0.497 e. The maximum Gasteiger partial charge on any atom is 0.323 e. The van der Waals surface area contributed by atoms with Crippen molar-refractivity contribution in [1.82, 2.24) is 9.88 Å². The van der Waals surface area contributed by atoms with Crippen LogP contribution < -0.4 is 4.74 Å². The predicted molar refractivity (Wildman–Crippen MR) is 90.1 cm³/mol. The molecule has 2 rings (SSSR count). The van der Waals surface area contributed by atoms with Gasteiger partial charge in [-0.2, -0.15) is 0 Å². The van der Waals surface area contributed by atoms with Crippen molar-refractivity contribution in [1.29, 1.82) is 0 Å². The van der Waals surface area contributed by atoms with Crippen molar-refractivity contribution in [2.75, 3.05) is 20.2 Å². The molecule has 0 aliphatic carbocycles. The summed E-state index contributed by atoms with van der Waals surface area (Å²) in [7, 11) is 1.60. The highest BCUT2D eigenvalue weighted by Crippen LogP contribution is 2.22. The van der Waals surface area contributed by atoms with Gasteiger partial charge in [-0.25, -0.2) is 0 Å². The molecule has 0 fully saturated rings. The Morgan fingerprint density at radius 3 is 2.46 bits per heavy atom. The van der Waals surface area contributed by atoms with Crippen molar-refractivity contribution in [3.8, 4) is 16.9 Å². The fourth-order valence-corrected chi connectivity index (χ4v) is 2.37. The van der Waals surface area contributed by atoms with Gasteiger partial charge < -0.3 is 14.7 Å². The Hall–Kier alpha value is -2.89. The molecule has 0 aliphatic heterocycles. The maximum atomic E-state index is 12.6. The van der Waals surface area contributed by atoms with Crippen LogP contribution in [0.15, 0.2) is 42.7 Å². The minimum absolute atomic E-state index is 0.320. The first kappa shape index (κ1) is 17.5. The molecule has 1 aromatic carbocycles. The topological polar surface area (TPSA) is 79.7 Å². The highest BCUT2D eigenvalue weighted by atomic mass is 16.5. The Morgan fingerprint density at radius 1 is 1.17 bits per heavy atom. The third kappa shape index (κ3) is 4.32. The van der Waals surface area contributed by atoms with E-state index in [0.29, 0.717) is 18.5 Å². The molecular formula is C18H20N2O4. The number of hydrogen-bond donors (Lipinski definition) is 1. The molecule has 24 heavy (non-hydrogen) atoms. The van der Waals surface area contributed by atoms with Gasteiger partial charge in [-0.05, 0) is 30.2 Å². The third-order valence-corrected chi connectivity index (χ3v) is 3.52. The number of amides is 1. The molecule has 1 N–H and O–H groups in total. The van der Waals surface area contributed by atoms with Crippen LogP contribution in [0.3, 0.4) is 0 Å². The SMILES string of the molecule is CCCN(CC(=O)O)C(=O)c1cncc(-c2ccc(OC)cc2)c1. The first-order chi connectivity index (χ1) is 11.5. The number of pyridine rings is 1. The number of carbonyl (C=O) groups is 2. The first-order valence-corrected chi connectivity index (χ1v) is 7.65. The van der Waals surface area contributed by atoms with E-state index in [1.54, 1.807) is 19.4 Å². The van der Waals surface area contributed by atoms with Crippen molar-refractivity contribution in [2.24, 2.45) is 0 Å². The van der Waals surface area contributed by atoms with Crippen molar-refractivity contribution in [3.63, 3.8) is 0 Å². The summed E-state index contributed by atoms with van der Waals surface area (Å²) >= 11 is 0. The van der Waals surface area contributed by atoms with Gasteiger partial charge >= 0.3 is 5.97 Å². The number of nitrogens with zero attached hydrogens (tertiary/aromatic N) is 2. The molecule has 0 unspecified atom stereocenters. The van der Waals surface area contributed by atoms with Crippen LogP contribution in [0.4, 0.5) is 0 Å². The molecule has 1 aromatic heterocycles. The average molecular weight is 328 g/mol. The van der Waals surface area contributed by atoms with E-state index in [9.17, 15) is 9.59 Å². The summed E-state index contributed by atoms with van der Waals surface area (Å²) < 4.78 is 5.13. The molecule has 0 aliphatic rings. The predicted octanol–water partition coefficient (Wildman–Crippen LogP) is 2.69. The second kappa shape index (κ2) is 8.10. The van der Waals surface area contributed by atoms with Crippen LogP contribution in [0.1, 0.15) is 23.7 Å². The van der Waals surface area contributed by atoms with E-state index in [-0.39, 0.29) is 12.5 Å². The van der Waals surface area contributed by atoms with E-state index < -0.39 is 5.97 Å². The van der Waals surface area contributed by atoms with E-state index in [4.69, 9.17) is 9.84 Å². The highest BCUT2D eigenvalue weighted by Gasteiger charge is 2.18. The van der Waals surface area contributed by atoms with Crippen LogP contribution in [0.25, 0.3) is 11.1 Å². The Labute approximate surface area is 140 Å². The molecule has 6 nitrogen and oxygen atoms in total. The highest BCUT2D eigenvalue weighted by molar-refractivity contribution is 5.96. The van der Waals surface area contributed by atoms with Crippen LogP contribution >= 0.6 is 0 Å². The number of aliphatic carboxylic acids is 1. The van der Waals surface area contributed by atoms with Gasteiger partial charge in [-0.15, -0.1) is 0 Å². The molecule has 126 valence electrons. The molecule has 1 amide bonds. The summed E-state index contributed by atoms with van der Waals surface area (Å²) in [5.74, 6) is -0.618. The lowest BCUT2D eigenvalue weighted by Gasteiger charge is -2.20. The fourth-order valence-electron chi connectivity index (χ4n) is 2.37. The molecule has 2 aromatic rings. The number of carboxylic acids is 1. The fraction of sp³-hybridized carbons (Fsp3) is 0.278. The van der Waals surface area contributed by atoms with Crippen LogP contribution in [-0.2, 0) is 4.79 Å². The quantitative estimate of drug-likeness (QED) is 0.845. The van der Waals surface area contributed by atoms with Gasteiger partial charge in [0, 0.05) is 24.5 Å². The van der Waals surface area contributed by atoms with E-state index in [0.717, 1.165) is 16.9 Å². The molecule has 0 atom stereocenters. The zero-order valence-corrected chi connectivity index (χ0v) is 13.7. The zero-order chi connectivity index (χ0) is 17.5. The summed E-state index contributed by atoms with van der Waals surface area (Å²) in [5.41, 5.74) is 2.06. The summed E-state index contributed by atoms with van der Waals surface area (Å²) in [6.45, 7) is 1.96.